The minimum atomic E-state index is -0.491. The van der Waals surface area contributed by atoms with Crippen molar-refractivity contribution in [3.05, 3.63) is 16.7 Å². The Labute approximate surface area is 46.6 Å². The van der Waals surface area contributed by atoms with E-state index >= 15 is 0 Å². The first kappa shape index (κ1) is 5.50. The molecule has 0 aromatic heterocycles. The fourth-order valence-electron chi connectivity index (χ4n) is 0.573. The molecule has 1 heterocycles. The van der Waals surface area contributed by atoms with E-state index in [1.807, 2.05) is 0 Å². The minimum Gasteiger partial charge on any atom is -0.368 e. The Kier molecular flexibility index (Phi) is 1.43. The van der Waals surface area contributed by atoms with Gasteiger partial charge in [0.15, 0.2) is 0 Å². The zero-order chi connectivity index (χ0) is 5.98. The SMILES string of the molecule is O=[N+]([O-])C1C[CH]OC1. The Morgan fingerprint density at radius 2 is 2.62 bits per heavy atom. The maximum atomic E-state index is 9.91. The van der Waals surface area contributed by atoms with E-state index in [2.05, 4.69) is 4.74 Å². The highest BCUT2D eigenvalue weighted by Gasteiger charge is 2.25. The summed E-state index contributed by atoms with van der Waals surface area (Å²) in [6, 6.07) is -0.491. The van der Waals surface area contributed by atoms with E-state index < -0.39 is 6.04 Å². The highest BCUT2D eigenvalue weighted by Crippen LogP contribution is 2.09. The van der Waals surface area contributed by atoms with Gasteiger partial charge in [-0.15, -0.1) is 0 Å². The van der Waals surface area contributed by atoms with Crippen LogP contribution in [0.4, 0.5) is 0 Å². The lowest BCUT2D eigenvalue weighted by Crippen LogP contribution is -2.18. The fourth-order valence-corrected chi connectivity index (χ4v) is 0.573. The maximum Gasteiger partial charge on any atom is 0.238 e. The number of hydrogen-bond donors (Lipinski definition) is 0. The van der Waals surface area contributed by atoms with Crippen LogP contribution >= 0.6 is 0 Å². The third kappa shape index (κ3) is 0.949. The molecule has 4 heteroatoms. The molecule has 0 bridgehead atoms. The number of rotatable bonds is 1. The lowest BCUT2D eigenvalue weighted by molar-refractivity contribution is -0.519. The molecule has 0 amide bonds. The van der Waals surface area contributed by atoms with Gasteiger partial charge in [-0.25, -0.2) is 0 Å². The molecule has 0 aromatic rings. The largest absolute Gasteiger partial charge is 0.368 e. The van der Waals surface area contributed by atoms with Gasteiger partial charge in [-0.05, 0) is 0 Å². The van der Waals surface area contributed by atoms with E-state index in [-0.39, 0.29) is 11.5 Å². The van der Waals surface area contributed by atoms with Crippen LogP contribution in [0.1, 0.15) is 6.42 Å². The van der Waals surface area contributed by atoms with Crippen LogP contribution in [0.2, 0.25) is 0 Å². The molecule has 0 aromatic carbocycles. The summed E-state index contributed by atoms with van der Waals surface area (Å²) in [5.41, 5.74) is 0. The summed E-state index contributed by atoms with van der Waals surface area (Å²) in [7, 11) is 0. The predicted octanol–water partition coefficient (Wildman–Crippen LogP) is 0.214. The molecule has 0 saturated carbocycles. The van der Waals surface area contributed by atoms with Crippen LogP contribution in [-0.4, -0.2) is 17.6 Å². The van der Waals surface area contributed by atoms with Crippen molar-refractivity contribution in [3.63, 3.8) is 0 Å². The molecule has 1 radical (unpaired) electrons. The van der Waals surface area contributed by atoms with E-state index in [9.17, 15) is 10.1 Å². The summed E-state index contributed by atoms with van der Waals surface area (Å²) in [5, 5.41) is 9.91. The van der Waals surface area contributed by atoms with Gasteiger partial charge in [0, 0.05) is 11.3 Å². The quantitative estimate of drug-likeness (QED) is 0.363. The number of hydrogen-bond acceptors (Lipinski definition) is 3. The van der Waals surface area contributed by atoms with Crippen LogP contribution in [0.5, 0.6) is 0 Å². The molecule has 8 heavy (non-hydrogen) atoms. The molecule has 0 aliphatic carbocycles. The van der Waals surface area contributed by atoms with Gasteiger partial charge < -0.3 is 4.74 Å². The Balaban J connectivity index is 2.35. The minimum absolute atomic E-state index is 0.243. The molecule has 0 N–H and O–H groups in total. The normalized spacial score (nSPS) is 28.2. The third-order valence-corrected chi connectivity index (χ3v) is 1.07. The number of nitrogens with zero attached hydrogens (tertiary/aromatic N) is 1. The second kappa shape index (κ2) is 2.09. The molecule has 1 rings (SSSR count). The Morgan fingerprint density at radius 3 is 2.88 bits per heavy atom. The van der Waals surface area contributed by atoms with Gasteiger partial charge in [0.05, 0.1) is 6.61 Å². The first-order chi connectivity index (χ1) is 3.80. The number of ether oxygens (including phenoxy) is 1. The Morgan fingerprint density at radius 1 is 1.88 bits per heavy atom. The van der Waals surface area contributed by atoms with E-state index in [1.54, 1.807) is 0 Å². The van der Waals surface area contributed by atoms with Crippen LogP contribution in [0, 0.1) is 16.7 Å². The predicted molar refractivity (Wildman–Crippen MR) is 25.7 cm³/mol. The molecule has 1 saturated heterocycles. The molecule has 1 unspecified atom stereocenters. The third-order valence-electron chi connectivity index (χ3n) is 1.07. The highest BCUT2D eigenvalue weighted by molar-refractivity contribution is 4.69. The van der Waals surface area contributed by atoms with Crippen LogP contribution in [0.3, 0.4) is 0 Å². The van der Waals surface area contributed by atoms with Crippen LogP contribution < -0.4 is 0 Å². The van der Waals surface area contributed by atoms with Crippen molar-refractivity contribution >= 4 is 0 Å². The van der Waals surface area contributed by atoms with E-state index in [4.69, 9.17) is 0 Å². The van der Waals surface area contributed by atoms with Gasteiger partial charge in [-0.2, -0.15) is 0 Å². The van der Waals surface area contributed by atoms with Crippen molar-refractivity contribution in [2.75, 3.05) is 6.61 Å². The van der Waals surface area contributed by atoms with Gasteiger partial charge >= 0.3 is 0 Å². The molecule has 1 fully saturated rings. The topological polar surface area (TPSA) is 52.4 Å². The zero-order valence-electron chi connectivity index (χ0n) is 4.24. The second-order valence-corrected chi connectivity index (χ2v) is 1.67. The highest BCUT2D eigenvalue weighted by atomic mass is 16.6. The standard InChI is InChI=1S/C4H6NO3/c6-5(7)4-1-2-8-3-4/h2,4H,1,3H2. The van der Waals surface area contributed by atoms with E-state index in [0.29, 0.717) is 6.42 Å². The van der Waals surface area contributed by atoms with Gasteiger partial charge in [-0.3, -0.25) is 10.1 Å². The summed E-state index contributed by atoms with van der Waals surface area (Å²) in [4.78, 5) is 9.59. The fraction of sp³-hybridized carbons (Fsp3) is 0.750. The zero-order valence-corrected chi connectivity index (χ0v) is 4.24. The lowest BCUT2D eigenvalue weighted by Gasteiger charge is -1.93. The molecule has 0 spiro atoms. The van der Waals surface area contributed by atoms with Gasteiger partial charge in [0.1, 0.15) is 6.61 Å². The molecule has 1 aliphatic heterocycles. The van der Waals surface area contributed by atoms with Crippen molar-refractivity contribution in [1.29, 1.82) is 0 Å². The average molecular weight is 116 g/mol. The second-order valence-electron chi connectivity index (χ2n) is 1.67. The summed E-state index contributed by atoms with van der Waals surface area (Å²) >= 11 is 0. The average Bonchev–Trinajstić information content (AvgIpc) is 2.12. The summed E-state index contributed by atoms with van der Waals surface area (Å²) < 4.78 is 4.65. The van der Waals surface area contributed by atoms with Crippen molar-refractivity contribution in [1.82, 2.24) is 0 Å². The molecule has 4 nitrogen and oxygen atoms in total. The maximum absolute atomic E-state index is 9.91. The van der Waals surface area contributed by atoms with Crippen LogP contribution in [-0.2, 0) is 4.74 Å². The van der Waals surface area contributed by atoms with E-state index in [0.717, 1.165) is 0 Å². The molecule has 1 aliphatic rings. The van der Waals surface area contributed by atoms with Gasteiger partial charge in [0.25, 0.3) is 0 Å². The van der Waals surface area contributed by atoms with Crippen LogP contribution in [0.15, 0.2) is 0 Å². The molecular formula is C4H6NO3. The van der Waals surface area contributed by atoms with Gasteiger partial charge in [0.2, 0.25) is 6.04 Å². The first-order valence-electron chi connectivity index (χ1n) is 2.37. The summed E-state index contributed by atoms with van der Waals surface area (Å²) in [6.07, 6.45) is 0.451. The van der Waals surface area contributed by atoms with Crippen LogP contribution in [0.25, 0.3) is 0 Å². The molecule has 1 atom stereocenters. The summed E-state index contributed by atoms with van der Waals surface area (Å²) in [5.74, 6) is 0. The molecular weight excluding hydrogens is 110 g/mol. The summed E-state index contributed by atoms with van der Waals surface area (Å²) in [6.45, 7) is 1.72. The van der Waals surface area contributed by atoms with Crippen molar-refractivity contribution in [2.24, 2.45) is 0 Å². The van der Waals surface area contributed by atoms with E-state index in [1.165, 1.54) is 6.61 Å². The van der Waals surface area contributed by atoms with Crippen molar-refractivity contribution in [2.45, 2.75) is 12.5 Å². The number of nitro groups is 1. The monoisotopic (exact) mass is 116 g/mol. The van der Waals surface area contributed by atoms with Crippen molar-refractivity contribution < 1.29 is 9.66 Å². The Hall–Kier alpha value is -0.640. The lowest BCUT2D eigenvalue weighted by atomic mass is 10.3. The van der Waals surface area contributed by atoms with Crippen molar-refractivity contribution in [3.8, 4) is 0 Å². The first-order valence-corrected chi connectivity index (χ1v) is 2.37. The Bertz CT molecular complexity index is 97.5. The smallest absolute Gasteiger partial charge is 0.238 e. The molecule has 45 valence electrons. The van der Waals surface area contributed by atoms with Gasteiger partial charge in [-0.1, -0.05) is 0 Å².